The van der Waals surface area contributed by atoms with Crippen LogP contribution in [-0.2, 0) is 21.1 Å². The molecule has 0 amide bonds. The third-order valence-electron chi connectivity index (χ3n) is 2.90. The van der Waals surface area contributed by atoms with E-state index >= 15 is 0 Å². The zero-order valence-electron chi connectivity index (χ0n) is 9.22. The maximum atomic E-state index is 11.3. The first-order valence-corrected chi connectivity index (χ1v) is 7.24. The van der Waals surface area contributed by atoms with Gasteiger partial charge < -0.3 is 10.1 Å². The number of rotatable bonds is 4. The number of carboxylic acids is 1. The normalized spacial score (nSPS) is 22.7. The maximum Gasteiger partial charge on any atom is 0.303 e. The molecule has 1 aliphatic rings. The van der Waals surface area contributed by atoms with Crippen molar-refractivity contribution < 1.29 is 18.3 Å². The number of aryl methyl sites for hydroxylation is 1. The summed E-state index contributed by atoms with van der Waals surface area (Å²) in [7, 11) is -2.90. The molecule has 1 atom stereocenters. The molecule has 1 aromatic heterocycles. The first kappa shape index (κ1) is 12.1. The molecule has 2 rings (SSSR count). The Hall–Kier alpha value is -1.37. The van der Waals surface area contributed by atoms with Gasteiger partial charge in [0.25, 0.3) is 0 Å². The summed E-state index contributed by atoms with van der Waals surface area (Å²) < 4.78 is 22.6. The molecule has 1 fully saturated rings. The monoisotopic (exact) mass is 258 g/mol. The average Bonchev–Trinajstić information content (AvgIpc) is 2.81. The third-order valence-corrected chi connectivity index (χ3v) is 4.66. The molecule has 6 nitrogen and oxygen atoms in total. The molecule has 2 heterocycles. The van der Waals surface area contributed by atoms with Gasteiger partial charge in [-0.25, -0.2) is 13.4 Å². The van der Waals surface area contributed by atoms with Crippen molar-refractivity contribution in [3.8, 4) is 0 Å². The lowest BCUT2D eigenvalue weighted by atomic mass is 10.1. The number of aliphatic carboxylic acids is 1. The lowest BCUT2D eigenvalue weighted by Gasteiger charge is -2.02. The number of nitrogens with one attached hydrogen (secondary N) is 1. The van der Waals surface area contributed by atoms with Crippen LogP contribution < -0.4 is 0 Å². The standard InChI is InChI=1S/C10H14N2O4S/c13-10(14)2-1-9-11-5-8(12-9)7-3-4-17(15,16)6-7/h5,7H,1-4,6H2,(H,11,12)(H,13,14). The van der Waals surface area contributed by atoms with Crippen LogP contribution in [0, 0.1) is 0 Å². The lowest BCUT2D eigenvalue weighted by molar-refractivity contribution is -0.137. The van der Waals surface area contributed by atoms with E-state index in [1.165, 1.54) is 0 Å². The summed E-state index contributed by atoms with van der Waals surface area (Å²) in [4.78, 5) is 17.5. The Morgan fingerprint density at radius 1 is 1.59 bits per heavy atom. The molecule has 7 heteroatoms. The minimum atomic E-state index is -2.90. The number of carboxylic acid groups (broad SMARTS) is 1. The highest BCUT2D eigenvalue weighted by Crippen LogP contribution is 2.27. The van der Waals surface area contributed by atoms with Crippen LogP contribution in [0.25, 0.3) is 0 Å². The van der Waals surface area contributed by atoms with Gasteiger partial charge >= 0.3 is 5.97 Å². The number of nitrogens with zero attached hydrogens (tertiary/aromatic N) is 1. The summed E-state index contributed by atoms with van der Waals surface area (Å²) in [5.74, 6) is 0.0958. The average molecular weight is 258 g/mol. The van der Waals surface area contributed by atoms with Crippen LogP contribution in [0.1, 0.15) is 30.3 Å². The maximum absolute atomic E-state index is 11.3. The van der Waals surface area contributed by atoms with Gasteiger partial charge in [0, 0.05) is 24.2 Å². The van der Waals surface area contributed by atoms with Crippen molar-refractivity contribution in [3.05, 3.63) is 17.7 Å². The SMILES string of the molecule is O=C(O)CCc1ncc(C2CCS(=O)(=O)C2)[nH]1. The zero-order valence-corrected chi connectivity index (χ0v) is 10.0. The molecule has 0 radical (unpaired) electrons. The molecule has 0 aliphatic carbocycles. The second kappa shape index (κ2) is 4.48. The van der Waals surface area contributed by atoms with E-state index in [0.717, 1.165) is 5.69 Å². The number of H-pyrrole nitrogens is 1. The van der Waals surface area contributed by atoms with Crippen LogP contribution in [0.4, 0.5) is 0 Å². The van der Waals surface area contributed by atoms with Crippen molar-refractivity contribution in [1.29, 1.82) is 0 Å². The van der Waals surface area contributed by atoms with Crippen LogP contribution >= 0.6 is 0 Å². The molecule has 94 valence electrons. The molecule has 0 bridgehead atoms. The third kappa shape index (κ3) is 3.06. The molecule has 0 aromatic carbocycles. The zero-order chi connectivity index (χ0) is 12.5. The molecule has 0 spiro atoms. The van der Waals surface area contributed by atoms with Crippen molar-refractivity contribution in [2.75, 3.05) is 11.5 Å². The summed E-state index contributed by atoms with van der Waals surface area (Å²) >= 11 is 0. The smallest absolute Gasteiger partial charge is 0.303 e. The van der Waals surface area contributed by atoms with E-state index in [-0.39, 0.29) is 23.8 Å². The molecule has 0 saturated carbocycles. The van der Waals surface area contributed by atoms with Gasteiger partial charge in [-0.1, -0.05) is 0 Å². The molecule has 1 aliphatic heterocycles. The second-order valence-electron chi connectivity index (χ2n) is 4.28. The van der Waals surface area contributed by atoms with E-state index in [1.807, 2.05) is 0 Å². The van der Waals surface area contributed by atoms with Crippen LogP contribution in [0.15, 0.2) is 6.20 Å². The van der Waals surface area contributed by atoms with Gasteiger partial charge in [0.15, 0.2) is 9.84 Å². The highest BCUT2D eigenvalue weighted by Gasteiger charge is 2.30. The van der Waals surface area contributed by atoms with Crippen molar-refractivity contribution in [2.45, 2.75) is 25.2 Å². The first-order chi connectivity index (χ1) is 7.96. The van der Waals surface area contributed by atoms with Gasteiger partial charge in [-0.05, 0) is 6.42 Å². The van der Waals surface area contributed by atoms with Crippen LogP contribution in [0.3, 0.4) is 0 Å². The number of aromatic amines is 1. The fraction of sp³-hybridized carbons (Fsp3) is 0.600. The quantitative estimate of drug-likeness (QED) is 0.810. The summed E-state index contributed by atoms with van der Waals surface area (Å²) in [5, 5.41) is 8.54. The van der Waals surface area contributed by atoms with Gasteiger partial charge in [-0.2, -0.15) is 0 Å². The van der Waals surface area contributed by atoms with Crippen molar-refractivity contribution in [3.63, 3.8) is 0 Å². The highest BCUT2D eigenvalue weighted by atomic mass is 32.2. The van der Waals surface area contributed by atoms with Crippen LogP contribution in [-0.4, -0.2) is 41.0 Å². The molecule has 1 saturated heterocycles. The van der Waals surface area contributed by atoms with Gasteiger partial charge in [0.1, 0.15) is 5.82 Å². The van der Waals surface area contributed by atoms with E-state index < -0.39 is 15.8 Å². The van der Waals surface area contributed by atoms with Crippen LogP contribution in [0.2, 0.25) is 0 Å². The minimum Gasteiger partial charge on any atom is -0.481 e. The van der Waals surface area contributed by atoms with Crippen molar-refractivity contribution >= 4 is 15.8 Å². The summed E-state index contributed by atoms with van der Waals surface area (Å²) in [6, 6.07) is 0. The van der Waals surface area contributed by atoms with Gasteiger partial charge in [0.2, 0.25) is 0 Å². The second-order valence-corrected chi connectivity index (χ2v) is 6.51. The summed E-state index contributed by atoms with van der Waals surface area (Å²) in [6.07, 6.45) is 2.59. The van der Waals surface area contributed by atoms with E-state index in [2.05, 4.69) is 9.97 Å². The molecule has 1 unspecified atom stereocenters. The Labute approximate surface area is 99.0 Å². The fourth-order valence-corrected chi connectivity index (χ4v) is 3.75. The van der Waals surface area contributed by atoms with E-state index in [1.54, 1.807) is 6.20 Å². The number of imidazole rings is 1. The largest absolute Gasteiger partial charge is 0.481 e. The van der Waals surface area contributed by atoms with E-state index in [9.17, 15) is 13.2 Å². The minimum absolute atomic E-state index is 0.0221. The summed E-state index contributed by atoms with van der Waals surface area (Å²) in [5.41, 5.74) is 0.798. The number of hydrogen-bond acceptors (Lipinski definition) is 4. The Balaban J connectivity index is 2.01. The number of aromatic nitrogens is 2. The first-order valence-electron chi connectivity index (χ1n) is 5.42. The number of sulfone groups is 1. The fourth-order valence-electron chi connectivity index (χ4n) is 1.98. The number of hydrogen-bond donors (Lipinski definition) is 2. The van der Waals surface area contributed by atoms with Gasteiger partial charge in [0.05, 0.1) is 17.9 Å². The molecule has 2 N–H and O–H groups in total. The predicted octanol–water partition coefficient (Wildman–Crippen LogP) is 0.329. The summed E-state index contributed by atoms with van der Waals surface area (Å²) in [6.45, 7) is 0. The predicted molar refractivity (Wildman–Crippen MR) is 60.6 cm³/mol. The van der Waals surface area contributed by atoms with Crippen molar-refractivity contribution in [1.82, 2.24) is 9.97 Å². The molecule has 1 aromatic rings. The molecular formula is C10H14N2O4S. The van der Waals surface area contributed by atoms with Crippen molar-refractivity contribution in [2.24, 2.45) is 0 Å². The molecular weight excluding hydrogens is 244 g/mol. The Bertz CT molecular complexity index is 520. The van der Waals surface area contributed by atoms with Gasteiger partial charge in [-0.15, -0.1) is 0 Å². The van der Waals surface area contributed by atoms with E-state index in [4.69, 9.17) is 5.11 Å². The number of carbonyl (C=O) groups is 1. The Morgan fingerprint density at radius 2 is 2.35 bits per heavy atom. The Kier molecular flexibility index (Phi) is 3.19. The molecule has 17 heavy (non-hydrogen) atoms. The van der Waals surface area contributed by atoms with Gasteiger partial charge in [-0.3, -0.25) is 4.79 Å². The highest BCUT2D eigenvalue weighted by molar-refractivity contribution is 7.91. The Morgan fingerprint density at radius 3 is 2.94 bits per heavy atom. The lowest BCUT2D eigenvalue weighted by Crippen LogP contribution is -2.04. The van der Waals surface area contributed by atoms with Crippen LogP contribution in [0.5, 0.6) is 0 Å². The topological polar surface area (TPSA) is 100 Å². The van der Waals surface area contributed by atoms with E-state index in [0.29, 0.717) is 18.7 Å².